The van der Waals surface area contributed by atoms with Gasteiger partial charge in [0.1, 0.15) is 0 Å². The van der Waals surface area contributed by atoms with Crippen molar-refractivity contribution in [2.45, 2.75) is 168 Å². The quantitative estimate of drug-likeness (QED) is 0.0705. The van der Waals surface area contributed by atoms with Gasteiger partial charge in [-0.05, 0) is 97.8 Å². The molecule has 6 nitrogen and oxygen atoms in total. The van der Waals surface area contributed by atoms with Crippen LogP contribution >= 0.6 is 0 Å². The second kappa shape index (κ2) is 36.6. The van der Waals surface area contributed by atoms with Gasteiger partial charge in [0.2, 0.25) is 0 Å². The van der Waals surface area contributed by atoms with Crippen LogP contribution in [-0.2, 0) is 22.2 Å². The first-order chi connectivity index (χ1) is 25.1. The molecule has 2 aromatic carbocycles. The summed E-state index contributed by atoms with van der Waals surface area (Å²) >= 11 is -4.16. The Bertz CT molecular complexity index is 912. The van der Waals surface area contributed by atoms with Crippen molar-refractivity contribution < 1.29 is 26.5 Å². The van der Waals surface area contributed by atoms with Crippen molar-refractivity contribution in [1.82, 2.24) is 0 Å². The predicted octanol–water partition coefficient (Wildman–Crippen LogP) is 11.9. The van der Waals surface area contributed by atoms with E-state index in [9.17, 15) is 17.5 Å². The summed E-state index contributed by atoms with van der Waals surface area (Å²) < 4.78 is 43.6. The Kier molecular flexibility index (Phi) is 37.0. The molecule has 0 radical (unpaired) electrons. The molecule has 0 aliphatic rings. The molecule has 304 valence electrons. The van der Waals surface area contributed by atoms with Crippen molar-refractivity contribution in [3.8, 4) is 0 Å². The number of unbranched alkanes of at least 4 members (excludes halogenated alkanes) is 8. The number of nitrogens with zero attached hydrogens (tertiary/aromatic N) is 2. The summed E-state index contributed by atoms with van der Waals surface area (Å²) in [5.74, 6) is 0. The lowest BCUT2D eigenvalue weighted by molar-refractivity contribution is -0.929. The van der Waals surface area contributed by atoms with Crippen LogP contribution in [0.2, 0.25) is 0 Å². The number of quaternary nitrogens is 2. The first-order valence-electron chi connectivity index (χ1n) is 21.1. The number of rotatable bonds is 26. The Morgan fingerprint density at radius 2 is 0.538 bits per heavy atom. The molecule has 52 heavy (non-hydrogen) atoms. The molecule has 0 aliphatic carbocycles. The maximum atomic E-state index is 10.2. The van der Waals surface area contributed by atoms with Gasteiger partial charge in [0.25, 0.3) is 0 Å². The molecule has 0 saturated carbocycles. The Hall–Kier alpha value is -1.42. The van der Waals surface area contributed by atoms with Gasteiger partial charge in [-0.15, -0.1) is 0 Å². The van der Waals surface area contributed by atoms with Crippen LogP contribution in [0.3, 0.4) is 0 Å². The molecule has 0 aromatic heterocycles. The van der Waals surface area contributed by atoms with E-state index in [1.54, 1.807) is 60.7 Å². The maximum Gasteiger partial charge on any atom is 0.0786 e. The number of benzene rings is 2. The van der Waals surface area contributed by atoms with E-state index in [0.717, 1.165) is 0 Å². The third kappa shape index (κ3) is 28.1. The molecular weight excluding hydrogens is 685 g/mol. The fourth-order valence-electron chi connectivity index (χ4n) is 6.35. The van der Waals surface area contributed by atoms with Crippen LogP contribution in [0.4, 0.5) is 0 Å². The van der Waals surface area contributed by atoms with Gasteiger partial charge in [-0.3, -0.25) is 8.42 Å². The van der Waals surface area contributed by atoms with Crippen LogP contribution in [0.25, 0.3) is 0 Å². The van der Waals surface area contributed by atoms with E-state index >= 15 is 0 Å². The Labute approximate surface area is 328 Å². The lowest BCUT2D eigenvalue weighted by Gasteiger charge is -2.39. The summed E-state index contributed by atoms with van der Waals surface area (Å²) in [6.07, 6.45) is 22.1. The van der Waals surface area contributed by atoms with E-state index in [0.29, 0.717) is 9.79 Å². The second-order valence-corrected chi connectivity index (χ2v) is 16.3. The zero-order valence-electron chi connectivity index (χ0n) is 35.1. The van der Waals surface area contributed by atoms with Crippen LogP contribution in [-0.4, -0.2) is 78.8 Å². The van der Waals surface area contributed by atoms with E-state index < -0.39 is 22.2 Å². The lowest BCUT2D eigenvalue weighted by Crippen LogP contribution is -2.50. The molecule has 2 unspecified atom stereocenters. The molecular formula is C44H82N2O4S2. The fraction of sp³-hybridized carbons (Fsp3) is 0.727. The van der Waals surface area contributed by atoms with E-state index in [1.165, 1.54) is 164 Å². The van der Waals surface area contributed by atoms with Gasteiger partial charge in [0.15, 0.2) is 0 Å². The number of hydrogen-bond acceptors (Lipinski definition) is 4. The first-order valence-corrected chi connectivity index (χ1v) is 23.2. The minimum atomic E-state index is -2.08. The van der Waals surface area contributed by atoms with Crippen LogP contribution in [0, 0.1) is 0 Å². The van der Waals surface area contributed by atoms with Crippen molar-refractivity contribution in [3.05, 3.63) is 60.7 Å². The van der Waals surface area contributed by atoms with Crippen molar-refractivity contribution in [2.75, 3.05) is 52.4 Å². The molecule has 0 N–H and O–H groups in total. The van der Waals surface area contributed by atoms with Crippen LogP contribution < -0.4 is 0 Å². The third-order valence-electron chi connectivity index (χ3n) is 9.76. The maximum absolute atomic E-state index is 10.2. The Morgan fingerprint density at radius 3 is 0.654 bits per heavy atom. The van der Waals surface area contributed by atoms with Gasteiger partial charge in [-0.1, -0.05) is 143 Å². The molecule has 0 heterocycles. The molecule has 0 aliphatic heterocycles. The lowest BCUT2D eigenvalue weighted by atomic mass is 10.1. The van der Waals surface area contributed by atoms with Crippen molar-refractivity contribution >= 4 is 22.2 Å². The average Bonchev–Trinajstić information content (AvgIpc) is 3.18. The first kappa shape index (κ1) is 52.7. The van der Waals surface area contributed by atoms with Crippen LogP contribution in [0.5, 0.6) is 0 Å². The van der Waals surface area contributed by atoms with Crippen molar-refractivity contribution in [1.29, 1.82) is 0 Å². The Morgan fingerprint density at radius 1 is 0.365 bits per heavy atom. The standard InChI is InChI=1S/2C16H36N.2C6H6O2S/c2*1-5-9-13-17(14-10-6-2,15-11-7-3)16-12-8-4;2*7-9(8)6-4-2-1-3-5-6/h2*5-16H2,1-4H3;2*1-5H,(H,7,8)/q2*+1;;/p-2. The third-order valence-corrected chi connectivity index (χ3v) is 11.1. The highest BCUT2D eigenvalue weighted by molar-refractivity contribution is 7.79. The van der Waals surface area contributed by atoms with Crippen molar-refractivity contribution in [3.63, 3.8) is 0 Å². The minimum Gasteiger partial charge on any atom is -0.768 e. The van der Waals surface area contributed by atoms with Gasteiger partial charge in [0, 0.05) is 9.79 Å². The SMILES string of the molecule is CCCC[N+](CCCC)(CCCC)CCCC.CCCC[N+](CCCC)(CCCC)CCCC.O=S([O-])c1ccccc1.O=S([O-])c1ccccc1. The summed E-state index contributed by atoms with van der Waals surface area (Å²) in [5.41, 5.74) is 0. The Balaban J connectivity index is 0. The molecule has 2 aromatic rings. The smallest absolute Gasteiger partial charge is 0.0786 e. The highest BCUT2D eigenvalue weighted by atomic mass is 32.2. The van der Waals surface area contributed by atoms with Gasteiger partial charge in [0.05, 0.1) is 52.4 Å². The molecule has 0 spiro atoms. The second-order valence-electron chi connectivity index (χ2n) is 14.4. The zero-order valence-corrected chi connectivity index (χ0v) is 36.7. The molecule has 8 heteroatoms. The molecule has 0 fully saturated rings. The summed E-state index contributed by atoms with van der Waals surface area (Å²) in [4.78, 5) is 0.662. The summed E-state index contributed by atoms with van der Waals surface area (Å²) in [6, 6.07) is 16.5. The zero-order chi connectivity index (χ0) is 39.4. The monoisotopic (exact) mass is 767 g/mol. The van der Waals surface area contributed by atoms with E-state index in [2.05, 4.69) is 55.4 Å². The average molecular weight is 767 g/mol. The van der Waals surface area contributed by atoms with Gasteiger partial charge >= 0.3 is 0 Å². The van der Waals surface area contributed by atoms with E-state index in [1.807, 2.05) is 0 Å². The largest absolute Gasteiger partial charge is 0.768 e. The highest BCUT2D eigenvalue weighted by Crippen LogP contribution is 2.18. The van der Waals surface area contributed by atoms with Crippen molar-refractivity contribution in [2.24, 2.45) is 0 Å². The van der Waals surface area contributed by atoms with Crippen LogP contribution in [0.15, 0.2) is 70.5 Å². The molecule has 0 bridgehead atoms. The summed E-state index contributed by atoms with van der Waals surface area (Å²) in [6.45, 7) is 30.0. The summed E-state index contributed by atoms with van der Waals surface area (Å²) in [7, 11) is 0. The minimum absolute atomic E-state index is 0.331. The van der Waals surface area contributed by atoms with E-state index in [-0.39, 0.29) is 0 Å². The summed E-state index contributed by atoms with van der Waals surface area (Å²) in [5, 5.41) is 0. The molecule has 2 rings (SSSR count). The van der Waals surface area contributed by atoms with Crippen LogP contribution in [0.1, 0.15) is 158 Å². The van der Waals surface area contributed by atoms with Gasteiger partial charge in [-0.25, -0.2) is 0 Å². The molecule has 0 saturated heterocycles. The van der Waals surface area contributed by atoms with Gasteiger partial charge < -0.3 is 18.1 Å². The highest BCUT2D eigenvalue weighted by Gasteiger charge is 2.25. The van der Waals surface area contributed by atoms with Gasteiger partial charge in [-0.2, -0.15) is 0 Å². The predicted molar refractivity (Wildman–Crippen MR) is 226 cm³/mol. The van der Waals surface area contributed by atoms with E-state index in [4.69, 9.17) is 0 Å². The normalized spacial score (nSPS) is 12.3. The molecule has 0 amide bonds. The topological polar surface area (TPSA) is 80.3 Å². The molecule has 2 atom stereocenters. The number of hydrogen-bond donors (Lipinski definition) is 0. The fourth-order valence-corrected chi connectivity index (χ4v) is 7.11.